The summed E-state index contributed by atoms with van der Waals surface area (Å²) in [6.45, 7) is 2.20. The van der Waals surface area contributed by atoms with Crippen molar-refractivity contribution < 1.29 is 4.74 Å². The molecule has 0 aromatic heterocycles. The lowest BCUT2D eigenvalue weighted by atomic mass is 9.89. The van der Waals surface area contributed by atoms with E-state index in [0.717, 1.165) is 6.42 Å². The van der Waals surface area contributed by atoms with Gasteiger partial charge in [0, 0.05) is 13.5 Å². The molecule has 1 nitrogen and oxygen atoms in total. The van der Waals surface area contributed by atoms with Gasteiger partial charge in [-0.3, -0.25) is 0 Å². The number of methoxy groups -OCH3 is 1. The summed E-state index contributed by atoms with van der Waals surface area (Å²) in [4.78, 5) is 0. The van der Waals surface area contributed by atoms with Gasteiger partial charge in [0.2, 0.25) is 0 Å². The first-order valence-electron chi connectivity index (χ1n) is 4.58. The summed E-state index contributed by atoms with van der Waals surface area (Å²) in [5.74, 6) is 0. The minimum absolute atomic E-state index is 0.120. The topological polar surface area (TPSA) is 9.23 Å². The Bertz CT molecular complexity index is 181. The van der Waals surface area contributed by atoms with Crippen molar-refractivity contribution in [3.63, 3.8) is 0 Å². The quantitative estimate of drug-likeness (QED) is 0.622. The second-order valence-electron chi connectivity index (χ2n) is 3.17. The van der Waals surface area contributed by atoms with E-state index in [1.807, 2.05) is 6.08 Å². The van der Waals surface area contributed by atoms with Crippen molar-refractivity contribution in [3.05, 3.63) is 30.7 Å². The molecule has 0 aromatic rings. The number of hydrogen-bond donors (Lipinski definition) is 0. The summed E-state index contributed by atoms with van der Waals surface area (Å²) in [6.07, 6.45) is 13.9. The van der Waals surface area contributed by atoms with Crippen LogP contribution >= 0.6 is 0 Å². The molecule has 1 rings (SSSR count). The average Bonchev–Trinajstić information content (AvgIpc) is 2.16. The van der Waals surface area contributed by atoms with Crippen LogP contribution in [-0.4, -0.2) is 12.7 Å². The largest absolute Gasteiger partial charge is 0.374 e. The van der Waals surface area contributed by atoms with Crippen LogP contribution in [0.3, 0.4) is 0 Å². The standard InChI is InChI=1S/C11H17O/c1-3-4-8-11(12-2)9-6-5-7-10-11/h5-7,9-10H,3-4,8H2,1-2H3. The Labute approximate surface area is 75.1 Å². The number of allylic oxidation sites excluding steroid dienone is 2. The van der Waals surface area contributed by atoms with Crippen LogP contribution in [0, 0.1) is 6.42 Å². The van der Waals surface area contributed by atoms with E-state index in [2.05, 4.69) is 31.6 Å². The third-order valence-corrected chi connectivity index (χ3v) is 2.28. The summed E-state index contributed by atoms with van der Waals surface area (Å²) in [6, 6.07) is 0. The minimum atomic E-state index is -0.120. The van der Waals surface area contributed by atoms with E-state index in [-0.39, 0.29) is 5.60 Å². The molecule has 67 valence electrons. The van der Waals surface area contributed by atoms with Gasteiger partial charge in [-0.1, -0.05) is 44.1 Å². The van der Waals surface area contributed by atoms with Gasteiger partial charge in [-0.15, -0.1) is 0 Å². The molecular weight excluding hydrogens is 148 g/mol. The zero-order valence-corrected chi connectivity index (χ0v) is 7.92. The van der Waals surface area contributed by atoms with Gasteiger partial charge >= 0.3 is 0 Å². The van der Waals surface area contributed by atoms with Crippen LogP contribution < -0.4 is 0 Å². The molecule has 1 aliphatic carbocycles. The maximum absolute atomic E-state index is 5.49. The lowest BCUT2D eigenvalue weighted by Crippen LogP contribution is -2.29. The third-order valence-electron chi connectivity index (χ3n) is 2.28. The fraction of sp³-hybridized carbons (Fsp3) is 0.545. The highest BCUT2D eigenvalue weighted by molar-refractivity contribution is 5.27. The highest BCUT2D eigenvalue weighted by Gasteiger charge is 2.25. The molecule has 0 aliphatic heterocycles. The van der Waals surface area contributed by atoms with Crippen LogP contribution in [0.4, 0.5) is 0 Å². The Morgan fingerprint density at radius 1 is 1.25 bits per heavy atom. The summed E-state index contributed by atoms with van der Waals surface area (Å²) in [7, 11) is 1.77. The SMILES string of the molecule is CCCCC1(OC)[CH]C=CC=C1. The molecular formula is C11H17O. The first-order valence-corrected chi connectivity index (χ1v) is 4.58. The predicted octanol–water partition coefficient (Wildman–Crippen LogP) is 2.89. The van der Waals surface area contributed by atoms with Crippen LogP contribution in [0.1, 0.15) is 26.2 Å². The molecule has 0 spiro atoms. The third kappa shape index (κ3) is 2.21. The van der Waals surface area contributed by atoms with E-state index >= 15 is 0 Å². The Hall–Kier alpha value is -0.560. The molecule has 1 unspecified atom stereocenters. The monoisotopic (exact) mass is 165 g/mol. The second-order valence-corrected chi connectivity index (χ2v) is 3.17. The van der Waals surface area contributed by atoms with Gasteiger partial charge in [0.1, 0.15) is 0 Å². The Balaban J connectivity index is 2.51. The molecule has 12 heavy (non-hydrogen) atoms. The summed E-state index contributed by atoms with van der Waals surface area (Å²) in [5, 5.41) is 0. The summed E-state index contributed by atoms with van der Waals surface area (Å²) in [5.41, 5.74) is -0.120. The van der Waals surface area contributed by atoms with E-state index in [0.29, 0.717) is 0 Å². The van der Waals surface area contributed by atoms with Crippen LogP contribution in [0.2, 0.25) is 0 Å². The summed E-state index contributed by atoms with van der Waals surface area (Å²) < 4.78 is 5.49. The highest BCUT2D eigenvalue weighted by atomic mass is 16.5. The van der Waals surface area contributed by atoms with E-state index in [9.17, 15) is 0 Å². The molecule has 0 amide bonds. The summed E-state index contributed by atoms with van der Waals surface area (Å²) >= 11 is 0. The zero-order chi connectivity index (χ0) is 8.86. The maximum Gasteiger partial charge on any atom is 0.0930 e. The second kappa shape index (κ2) is 4.46. The number of ether oxygens (including phenoxy) is 1. The fourth-order valence-corrected chi connectivity index (χ4v) is 1.41. The highest BCUT2D eigenvalue weighted by Crippen LogP contribution is 2.26. The predicted molar refractivity (Wildman–Crippen MR) is 51.8 cm³/mol. The van der Waals surface area contributed by atoms with Crippen LogP contribution in [-0.2, 0) is 4.74 Å². The van der Waals surface area contributed by atoms with Gasteiger partial charge in [0.15, 0.2) is 0 Å². The molecule has 0 heterocycles. The van der Waals surface area contributed by atoms with Crippen molar-refractivity contribution in [2.45, 2.75) is 31.8 Å². The number of rotatable bonds is 4. The van der Waals surface area contributed by atoms with E-state index < -0.39 is 0 Å². The Kier molecular flexibility index (Phi) is 3.54. The first kappa shape index (κ1) is 9.53. The zero-order valence-electron chi connectivity index (χ0n) is 7.92. The molecule has 0 N–H and O–H groups in total. The molecule has 0 fully saturated rings. The van der Waals surface area contributed by atoms with Gasteiger partial charge in [0.05, 0.1) is 5.60 Å². The smallest absolute Gasteiger partial charge is 0.0930 e. The van der Waals surface area contributed by atoms with E-state index in [1.54, 1.807) is 7.11 Å². The molecule has 1 atom stereocenters. The molecule has 0 saturated carbocycles. The lowest BCUT2D eigenvalue weighted by Gasteiger charge is -2.29. The maximum atomic E-state index is 5.49. The molecule has 1 aliphatic rings. The normalized spacial score (nSPS) is 27.8. The average molecular weight is 165 g/mol. The number of unbranched alkanes of at least 4 members (excludes halogenated alkanes) is 1. The van der Waals surface area contributed by atoms with Crippen LogP contribution in [0.15, 0.2) is 24.3 Å². The fourth-order valence-electron chi connectivity index (χ4n) is 1.41. The van der Waals surface area contributed by atoms with Gasteiger partial charge in [-0.05, 0) is 6.42 Å². The molecule has 0 saturated heterocycles. The molecule has 1 radical (unpaired) electrons. The van der Waals surface area contributed by atoms with Crippen molar-refractivity contribution >= 4 is 0 Å². The van der Waals surface area contributed by atoms with E-state index in [4.69, 9.17) is 4.74 Å². The van der Waals surface area contributed by atoms with Gasteiger partial charge in [-0.25, -0.2) is 0 Å². The molecule has 0 aromatic carbocycles. The minimum Gasteiger partial charge on any atom is -0.374 e. The Morgan fingerprint density at radius 2 is 2.08 bits per heavy atom. The van der Waals surface area contributed by atoms with Crippen molar-refractivity contribution in [2.24, 2.45) is 0 Å². The molecule has 1 heteroatoms. The molecule has 0 bridgehead atoms. The lowest BCUT2D eigenvalue weighted by molar-refractivity contribution is 0.0537. The van der Waals surface area contributed by atoms with Crippen molar-refractivity contribution in [3.8, 4) is 0 Å². The van der Waals surface area contributed by atoms with Gasteiger partial charge in [-0.2, -0.15) is 0 Å². The Morgan fingerprint density at radius 3 is 2.58 bits per heavy atom. The first-order chi connectivity index (χ1) is 5.83. The number of hydrogen-bond acceptors (Lipinski definition) is 1. The van der Waals surface area contributed by atoms with Gasteiger partial charge in [0.25, 0.3) is 0 Å². The van der Waals surface area contributed by atoms with Gasteiger partial charge < -0.3 is 4.74 Å². The van der Waals surface area contributed by atoms with Crippen molar-refractivity contribution in [1.29, 1.82) is 0 Å². The van der Waals surface area contributed by atoms with Crippen molar-refractivity contribution in [1.82, 2.24) is 0 Å². The van der Waals surface area contributed by atoms with E-state index in [1.165, 1.54) is 12.8 Å². The van der Waals surface area contributed by atoms with Crippen LogP contribution in [0.25, 0.3) is 0 Å². The van der Waals surface area contributed by atoms with Crippen LogP contribution in [0.5, 0.6) is 0 Å². The van der Waals surface area contributed by atoms with Crippen molar-refractivity contribution in [2.75, 3.05) is 7.11 Å².